The summed E-state index contributed by atoms with van der Waals surface area (Å²) in [6.07, 6.45) is 4.29. The lowest BCUT2D eigenvalue weighted by Crippen LogP contribution is -2.15. The number of allylic oxidation sites excluding steroid dienone is 1. The molecule has 0 aliphatic heterocycles. The Bertz CT molecular complexity index is 859. The Kier molecular flexibility index (Phi) is 7.05. The van der Waals surface area contributed by atoms with Gasteiger partial charge in [-0.2, -0.15) is 0 Å². The standard InChI is InChI=1S/C24H26Cl2O3/c1-14(2)23(27)17-10-8-16(9-11-17)22-19(20(25)13-21(22)26)12-5-15-3-6-18(7-4-15)24(28)29/h3-12,14,19-23,27H,13H2,1-2H3,(H,28,29)/b12-5+. The van der Waals surface area contributed by atoms with Crippen LogP contribution in [0.3, 0.4) is 0 Å². The molecule has 0 saturated heterocycles. The number of aliphatic hydroxyl groups is 1. The minimum atomic E-state index is -0.937. The van der Waals surface area contributed by atoms with Gasteiger partial charge in [0.2, 0.25) is 0 Å². The molecule has 0 heterocycles. The van der Waals surface area contributed by atoms with Crippen molar-refractivity contribution in [1.82, 2.24) is 0 Å². The summed E-state index contributed by atoms with van der Waals surface area (Å²) in [4.78, 5) is 11.0. The number of carbonyl (C=O) groups is 1. The first-order valence-corrected chi connectivity index (χ1v) is 10.7. The quantitative estimate of drug-likeness (QED) is 0.541. The molecule has 0 bridgehead atoms. The van der Waals surface area contributed by atoms with Crippen LogP contribution in [0.4, 0.5) is 0 Å². The van der Waals surface area contributed by atoms with Crippen LogP contribution in [0.15, 0.2) is 54.6 Å². The Labute approximate surface area is 182 Å². The number of rotatable bonds is 6. The highest BCUT2D eigenvalue weighted by Gasteiger charge is 2.41. The summed E-state index contributed by atoms with van der Waals surface area (Å²) in [6, 6.07) is 14.8. The van der Waals surface area contributed by atoms with Crippen LogP contribution in [-0.2, 0) is 0 Å². The summed E-state index contributed by atoms with van der Waals surface area (Å²) < 4.78 is 0. The van der Waals surface area contributed by atoms with Gasteiger partial charge in [-0.3, -0.25) is 0 Å². The second-order valence-corrected chi connectivity index (χ2v) is 9.13. The van der Waals surface area contributed by atoms with Gasteiger partial charge >= 0.3 is 5.97 Å². The Balaban J connectivity index is 1.81. The van der Waals surface area contributed by atoms with Crippen LogP contribution in [0.25, 0.3) is 6.08 Å². The number of carboxylic acids is 1. The summed E-state index contributed by atoms with van der Waals surface area (Å²) >= 11 is 13.3. The van der Waals surface area contributed by atoms with Crippen LogP contribution >= 0.6 is 23.2 Å². The molecule has 0 aromatic heterocycles. The van der Waals surface area contributed by atoms with E-state index in [1.165, 1.54) is 0 Å². The summed E-state index contributed by atoms with van der Waals surface area (Å²) in [5, 5.41) is 19.2. The topological polar surface area (TPSA) is 57.5 Å². The molecule has 1 fully saturated rings. The van der Waals surface area contributed by atoms with E-state index in [1.807, 2.05) is 44.2 Å². The van der Waals surface area contributed by atoms with Crippen molar-refractivity contribution in [1.29, 1.82) is 0 Å². The van der Waals surface area contributed by atoms with E-state index in [4.69, 9.17) is 28.3 Å². The van der Waals surface area contributed by atoms with Crippen molar-refractivity contribution < 1.29 is 15.0 Å². The van der Waals surface area contributed by atoms with Crippen molar-refractivity contribution in [2.75, 3.05) is 0 Å². The van der Waals surface area contributed by atoms with Gasteiger partial charge in [0.05, 0.1) is 11.7 Å². The maximum atomic E-state index is 11.0. The summed E-state index contributed by atoms with van der Waals surface area (Å²) in [5.74, 6) is -0.630. The Morgan fingerprint density at radius 2 is 1.66 bits per heavy atom. The average molecular weight is 433 g/mol. The largest absolute Gasteiger partial charge is 0.478 e. The fraction of sp³-hybridized carbons (Fsp3) is 0.375. The smallest absolute Gasteiger partial charge is 0.335 e. The molecule has 2 aromatic carbocycles. The number of benzene rings is 2. The lowest BCUT2D eigenvalue weighted by atomic mass is 9.86. The molecule has 0 radical (unpaired) electrons. The van der Waals surface area contributed by atoms with E-state index in [0.717, 1.165) is 23.1 Å². The number of hydrogen-bond acceptors (Lipinski definition) is 2. The highest BCUT2D eigenvalue weighted by Crippen LogP contribution is 2.46. The molecule has 5 atom stereocenters. The van der Waals surface area contributed by atoms with Crippen LogP contribution in [0.5, 0.6) is 0 Å². The molecule has 1 saturated carbocycles. The van der Waals surface area contributed by atoms with Gasteiger partial charge in [-0.25, -0.2) is 4.79 Å². The van der Waals surface area contributed by atoms with E-state index in [-0.39, 0.29) is 34.1 Å². The maximum Gasteiger partial charge on any atom is 0.335 e. The summed E-state index contributed by atoms with van der Waals surface area (Å²) in [7, 11) is 0. The molecule has 1 aliphatic rings. The summed E-state index contributed by atoms with van der Waals surface area (Å²) in [5.41, 5.74) is 3.20. The highest BCUT2D eigenvalue weighted by atomic mass is 35.5. The number of alkyl halides is 2. The minimum Gasteiger partial charge on any atom is -0.478 e. The van der Waals surface area contributed by atoms with Crippen molar-refractivity contribution >= 4 is 35.2 Å². The predicted molar refractivity (Wildman–Crippen MR) is 119 cm³/mol. The van der Waals surface area contributed by atoms with Crippen LogP contribution < -0.4 is 0 Å². The maximum absolute atomic E-state index is 11.0. The minimum absolute atomic E-state index is 0.0672. The molecule has 0 amide bonds. The number of carboxylic acid groups (broad SMARTS) is 1. The van der Waals surface area contributed by atoms with E-state index in [9.17, 15) is 9.90 Å². The van der Waals surface area contributed by atoms with Gasteiger partial charge in [-0.15, -0.1) is 23.2 Å². The van der Waals surface area contributed by atoms with Crippen LogP contribution in [0.2, 0.25) is 0 Å². The third-order valence-corrected chi connectivity index (χ3v) is 6.55. The second kappa shape index (κ2) is 9.34. The van der Waals surface area contributed by atoms with Gasteiger partial charge < -0.3 is 10.2 Å². The van der Waals surface area contributed by atoms with Gasteiger partial charge in [0.25, 0.3) is 0 Å². The zero-order chi connectivity index (χ0) is 21.1. The van der Waals surface area contributed by atoms with Crippen LogP contribution in [-0.4, -0.2) is 26.9 Å². The first-order chi connectivity index (χ1) is 13.8. The van der Waals surface area contributed by atoms with E-state index >= 15 is 0 Å². The second-order valence-electron chi connectivity index (χ2n) is 8.01. The molecule has 3 rings (SSSR count). The fourth-order valence-corrected chi connectivity index (χ4v) is 4.94. The molecule has 5 unspecified atom stereocenters. The number of halogens is 2. The normalized spacial score (nSPS) is 25.6. The van der Waals surface area contributed by atoms with E-state index in [0.29, 0.717) is 0 Å². The molecule has 0 spiro atoms. The Morgan fingerprint density at radius 1 is 1.03 bits per heavy atom. The van der Waals surface area contributed by atoms with Gasteiger partial charge in [-0.05, 0) is 41.2 Å². The first kappa shape index (κ1) is 21.9. The zero-order valence-corrected chi connectivity index (χ0v) is 18.0. The lowest BCUT2D eigenvalue weighted by Gasteiger charge is -2.22. The average Bonchev–Trinajstić information content (AvgIpc) is 2.99. The zero-order valence-electron chi connectivity index (χ0n) is 16.5. The Hall–Kier alpha value is -1.81. The van der Waals surface area contributed by atoms with Crippen molar-refractivity contribution in [2.24, 2.45) is 11.8 Å². The third-order valence-electron chi connectivity index (χ3n) is 5.64. The Morgan fingerprint density at radius 3 is 2.21 bits per heavy atom. The van der Waals surface area contributed by atoms with Crippen molar-refractivity contribution in [3.05, 3.63) is 76.9 Å². The van der Waals surface area contributed by atoms with Gasteiger partial charge in [0.1, 0.15) is 0 Å². The predicted octanol–water partition coefficient (Wildman–Crippen LogP) is 6.11. The van der Waals surface area contributed by atoms with E-state index < -0.39 is 12.1 Å². The molecule has 2 aromatic rings. The SMILES string of the molecule is CC(C)C(O)c1ccc(C2C(Cl)CC(Cl)C2/C=C/c2ccc(C(=O)O)cc2)cc1. The van der Waals surface area contributed by atoms with Crippen LogP contribution in [0, 0.1) is 11.8 Å². The number of aliphatic hydroxyl groups excluding tert-OH is 1. The lowest BCUT2D eigenvalue weighted by molar-refractivity contribution is 0.0697. The molecule has 1 aliphatic carbocycles. The van der Waals surface area contributed by atoms with Gasteiger partial charge in [0, 0.05) is 22.6 Å². The molecule has 2 N–H and O–H groups in total. The van der Waals surface area contributed by atoms with E-state index in [2.05, 4.69) is 6.08 Å². The monoisotopic (exact) mass is 432 g/mol. The number of hydrogen-bond donors (Lipinski definition) is 2. The van der Waals surface area contributed by atoms with Crippen molar-refractivity contribution in [3.63, 3.8) is 0 Å². The third kappa shape index (κ3) is 5.03. The summed E-state index contributed by atoms with van der Waals surface area (Å²) in [6.45, 7) is 3.98. The van der Waals surface area contributed by atoms with Gasteiger partial charge in [-0.1, -0.05) is 62.4 Å². The van der Waals surface area contributed by atoms with Crippen LogP contribution in [0.1, 0.15) is 59.3 Å². The molecule has 29 heavy (non-hydrogen) atoms. The highest BCUT2D eigenvalue weighted by molar-refractivity contribution is 6.25. The molecule has 5 heteroatoms. The molecular formula is C24H26Cl2O3. The van der Waals surface area contributed by atoms with E-state index in [1.54, 1.807) is 24.3 Å². The van der Waals surface area contributed by atoms with Crippen molar-refractivity contribution in [2.45, 2.75) is 43.0 Å². The van der Waals surface area contributed by atoms with Crippen molar-refractivity contribution in [3.8, 4) is 0 Å². The van der Waals surface area contributed by atoms with Gasteiger partial charge in [0.15, 0.2) is 0 Å². The molecule has 154 valence electrons. The first-order valence-electron chi connectivity index (χ1n) is 9.85. The molecule has 3 nitrogen and oxygen atoms in total. The fourth-order valence-electron chi connectivity index (χ4n) is 3.92. The number of aromatic carboxylic acids is 1. The molecular weight excluding hydrogens is 407 g/mol.